The quantitative estimate of drug-likeness (QED) is 0.0135. The van der Waals surface area contributed by atoms with Crippen molar-refractivity contribution in [1.29, 1.82) is 0 Å². The van der Waals surface area contributed by atoms with Gasteiger partial charge in [0.25, 0.3) is 0 Å². The summed E-state index contributed by atoms with van der Waals surface area (Å²) < 4.78 is 189. The number of alkyl carbamates (subject to hydrolysis) is 2. The molecule has 4 atom stereocenters. The molecule has 0 heterocycles. The largest absolute Gasteiger partial charge is 0.513 e. The van der Waals surface area contributed by atoms with Crippen LogP contribution in [0.25, 0.3) is 0 Å². The number of phenolic OH excluding ortho intramolecular Hbond substituents is 1. The number of nitrogens with one attached hydrogen (secondary N) is 3. The van der Waals surface area contributed by atoms with Gasteiger partial charge in [-0.25, -0.2) is 49.9 Å². The Morgan fingerprint density at radius 2 is 0.824 bits per heavy atom. The van der Waals surface area contributed by atoms with Crippen molar-refractivity contribution in [3.63, 3.8) is 0 Å². The monoisotopic (exact) mass is 1550 g/mol. The number of carboxylic acids is 1. The van der Waals surface area contributed by atoms with Gasteiger partial charge in [0.15, 0.2) is 5.75 Å². The van der Waals surface area contributed by atoms with E-state index in [9.17, 15) is 77.0 Å². The molecule has 0 aromatic heterocycles. The first kappa shape index (κ1) is 93.3. The molecular formula is C67H94Cl2F10N4O17P2. The van der Waals surface area contributed by atoms with E-state index in [2.05, 4.69) is 45.9 Å². The molecule has 3 saturated carbocycles. The molecule has 3 aliphatic rings. The summed E-state index contributed by atoms with van der Waals surface area (Å²) in [6, 6.07) is 12.7. The van der Waals surface area contributed by atoms with E-state index >= 15 is 0 Å². The minimum atomic E-state index is -4.92. The number of rotatable bonds is 18. The minimum absolute atomic E-state index is 0.00383. The Balaban J connectivity index is 0.000000644. The van der Waals surface area contributed by atoms with E-state index in [0.29, 0.717) is 18.6 Å². The van der Waals surface area contributed by atoms with E-state index in [4.69, 9.17) is 65.8 Å². The third-order valence-corrected chi connectivity index (χ3v) is 16.4. The number of para-hydroxylation sites is 2. The summed E-state index contributed by atoms with van der Waals surface area (Å²) in [6.07, 6.45) is 10.1. The number of aliphatic hydroxyl groups excluding tert-OH is 1. The lowest BCUT2D eigenvalue weighted by atomic mass is 9.98. The summed E-state index contributed by atoms with van der Waals surface area (Å²) in [5.41, 5.74) is -1.18. The van der Waals surface area contributed by atoms with Gasteiger partial charge in [-0.15, -0.1) is 0 Å². The normalized spacial score (nSPS) is 15.5. The number of aliphatic hydroxyl groups is 1. The van der Waals surface area contributed by atoms with E-state index in [1.54, 1.807) is 84.9 Å². The highest BCUT2D eigenvalue weighted by atomic mass is 35.9. The number of hydrogen-bond donors (Lipinski definition) is 6. The summed E-state index contributed by atoms with van der Waals surface area (Å²) in [5, 5.41) is 32.5. The molecule has 4 aromatic rings. The minimum Gasteiger partial charge on any atom is -0.503 e. The lowest BCUT2D eigenvalue weighted by molar-refractivity contribution is -0.153. The highest BCUT2D eigenvalue weighted by Crippen LogP contribution is 2.57. The third kappa shape index (κ3) is 37.6. The van der Waals surface area contributed by atoms with Crippen molar-refractivity contribution in [1.82, 2.24) is 20.6 Å². The Morgan fingerprint density at radius 1 is 0.500 bits per heavy atom. The van der Waals surface area contributed by atoms with Crippen molar-refractivity contribution >= 4 is 66.4 Å². The second-order valence-corrected chi connectivity index (χ2v) is 30.7. The molecule has 3 aliphatic carbocycles. The maximum atomic E-state index is 14.1. The number of aromatic hydroxyl groups is 1. The summed E-state index contributed by atoms with van der Waals surface area (Å²) in [5.74, 6) is -28.5. The van der Waals surface area contributed by atoms with Gasteiger partial charge in [0.1, 0.15) is 53.0 Å². The fraction of sp³-hybridized carbons (Fsp3) is 0.567. The van der Waals surface area contributed by atoms with Crippen LogP contribution >= 0.6 is 36.3 Å². The van der Waals surface area contributed by atoms with Gasteiger partial charge in [0.2, 0.25) is 63.9 Å². The smallest absolute Gasteiger partial charge is 0.503 e. The lowest BCUT2D eigenvalue weighted by Gasteiger charge is -2.26. The van der Waals surface area contributed by atoms with Gasteiger partial charge < -0.3 is 63.4 Å². The first-order valence-electron chi connectivity index (χ1n) is 32.7. The molecule has 0 saturated heterocycles. The zero-order chi connectivity index (χ0) is 77.9. The van der Waals surface area contributed by atoms with Crippen LogP contribution in [0.3, 0.4) is 0 Å². The molecule has 21 nitrogen and oxygen atoms in total. The number of amides is 2. The third-order valence-electron chi connectivity index (χ3n) is 14.0. The van der Waals surface area contributed by atoms with Crippen molar-refractivity contribution in [3.05, 3.63) is 119 Å². The van der Waals surface area contributed by atoms with E-state index < -0.39 is 143 Å². The molecule has 102 heavy (non-hydrogen) atoms. The number of carboxylic acid groups (broad SMARTS) is 1. The molecule has 0 spiro atoms. The molecule has 0 aliphatic heterocycles. The Labute approximate surface area is 597 Å². The van der Waals surface area contributed by atoms with Gasteiger partial charge in [-0.1, -0.05) is 89.3 Å². The molecule has 35 heteroatoms. The average Bonchev–Trinajstić information content (AvgIpc) is 0.788. The van der Waals surface area contributed by atoms with Gasteiger partial charge in [0.05, 0.1) is 6.10 Å². The number of benzene rings is 4. The highest BCUT2D eigenvalue weighted by molar-refractivity contribution is 8.05. The van der Waals surface area contributed by atoms with E-state index in [0.717, 1.165) is 57.8 Å². The average molecular weight is 1550 g/mol. The van der Waals surface area contributed by atoms with Crippen LogP contribution in [-0.4, -0.2) is 118 Å². The van der Waals surface area contributed by atoms with Crippen LogP contribution in [-0.2, 0) is 42.5 Å². The number of esters is 2. The first-order chi connectivity index (χ1) is 47.4. The Kier molecular flexibility index (Phi) is 42.2. The summed E-state index contributed by atoms with van der Waals surface area (Å²) in [6.45, 7) is 24.8. The Hall–Kier alpha value is -6.75. The summed E-state index contributed by atoms with van der Waals surface area (Å²) in [7, 11) is -4.92. The van der Waals surface area contributed by atoms with Crippen molar-refractivity contribution < 1.29 is 125 Å². The van der Waals surface area contributed by atoms with Crippen molar-refractivity contribution in [2.75, 3.05) is 19.6 Å². The maximum absolute atomic E-state index is 14.1. The second-order valence-electron chi connectivity index (χ2n) is 24.9. The first-order valence-corrected chi connectivity index (χ1v) is 37.7. The predicted octanol–water partition coefficient (Wildman–Crippen LogP) is 18.0. The van der Waals surface area contributed by atoms with Crippen molar-refractivity contribution in [3.8, 4) is 23.0 Å². The van der Waals surface area contributed by atoms with Crippen LogP contribution in [0, 0.1) is 58.2 Å². The molecule has 6 N–H and O–H groups in total. The van der Waals surface area contributed by atoms with Crippen molar-refractivity contribution in [2.45, 2.75) is 227 Å². The van der Waals surface area contributed by atoms with Crippen LogP contribution in [0.15, 0.2) is 60.7 Å². The molecule has 578 valence electrons. The topological polar surface area (TPSA) is 284 Å². The van der Waals surface area contributed by atoms with Gasteiger partial charge in [0, 0.05) is 22.5 Å². The van der Waals surface area contributed by atoms with E-state index in [1.807, 2.05) is 0 Å². The number of carbonyl (C=O) groups excluding carboxylic acids is 4. The number of aliphatic carboxylic acids is 1. The number of carbonyl (C=O) groups is 5. The van der Waals surface area contributed by atoms with Gasteiger partial charge >= 0.3 is 43.9 Å². The number of nitrogens with zero attached hydrogens (tertiary/aromatic N) is 1. The molecule has 3 fully saturated rings. The Bertz CT molecular complexity index is 3190. The summed E-state index contributed by atoms with van der Waals surface area (Å²) in [4.78, 5) is 59.5. The molecule has 0 unspecified atom stereocenters. The number of halogens is 12. The second kappa shape index (κ2) is 46.2. The molecule has 7 rings (SSSR count). The molecule has 0 bridgehead atoms. The van der Waals surface area contributed by atoms with E-state index in [-0.39, 0.29) is 24.1 Å². The lowest BCUT2D eigenvalue weighted by Crippen LogP contribution is -2.43. The zero-order valence-electron chi connectivity index (χ0n) is 58.9. The van der Waals surface area contributed by atoms with Crippen LogP contribution in [0.2, 0.25) is 0 Å². The van der Waals surface area contributed by atoms with Crippen molar-refractivity contribution in [2.24, 2.45) is 0 Å². The number of ether oxygens (including phenoxy) is 4. The molecule has 2 amide bonds. The maximum Gasteiger partial charge on any atom is 0.513 e. The fourth-order valence-electron chi connectivity index (χ4n) is 8.70. The van der Waals surface area contributed by atoms with E-state index in [1.165, 1.54) is 83.4 Å². The van der Waals surface area contributed by atoms with Crippen LogP contribution in [0.1, 0.15) is 179 Å². The molecule has 0 radical (unpaired) electrons. The standard InChI is InChI=1S/C21H21F5NO5P.C14H25NO4.C8H15NO4.C6H5Cl2O2P.C6HF5O.C6H15N.C6H12O/c1-12(21(28)30-13-8-4-2-5-9-13)27-33(29,31-14-10-6-3-7-11-14)32-20-18(25)16(23)15(22)17(24)19(20)26;1-10(15-13(17)19-14(2,3)4)12(16)18-11-8-6-5-7-9-11;1-5(6(10)11)9-7(12)13-8(2,3)4;7-11(8,9)10-6-4-2-1-3-5-6;7-1-2(8)4(10)6(12)5(11)3(1)9;1-4-7(5-2)6-3;7-6-4-2-1-3-5-6/h3,6-7,10-13H,2,4-5,8-9H2,1H3,(H,27,29);10-11H,5-9H2,1-4H3,(H,15,17);5H,1-4H3,(H,9,12)(H,10,11);1-5H;12H;4-6H2,1-3H3;6-7H,1-5H2/t12-,33-;10-;5-;;;;/m000..../s1. The Morgan fingerprint density at radius 3 is 1.14 bits per heavy atom. The zero-order valence-corrected chi connectivity index (χ0v) is 62.2. The highest BCUT2D eigenvalue weighted by Gasteiger charge is 2.39. The number of hydrogen-bond acceptors (Lipinski definition) is 17. The molecular weight excluding hydrogens is 1460 g/mol. The molecule has 4 aromatic carbocycles. The SMILES string of the molecule is CCN(CC)CC.C[C@H](NC(=O)OC(C)(C)C)C(=O)O.C[C@H](NC(=O)OC(C)(C)C)C(=O)OC1CCCCC1.C[C@H](N[P@](=O)(Oc1ccccc1)Oc1c(F)c(F)c(F)c(F)c1F)C(=O)OC1CCCCC1.O=P(Cl)(Cl)Oc1ccccc1.OC1CCCCC1.Oc1c(F)c(F)c(F)c(F)c1F. The van der Waals surface area contributed by atoms with Gasteiger partial charge in [-0.3, -0.25) is 9.59 Å². The van der Waals surface area contributed by atoms with Crippen LogP contribution in [0.4, 0.5) is 53.5 Å². The number of phenols is 1. The van der Waals surface area contributed by atoms with Gasteiger partial charge in [-0.05, 0) is 170 Å². The van der Waals surface area contributed by atoms with Gasteiger partial charge in [-0.2, -0.15) is 22.6 Å². The van der Waals surface area contributed by atoms with Crippen LogP contribution < -0.4 is 29.3 Å². The summed E-state index contributed by atoms with van der Waals surface area (Å²) >= 11 is 10.3. The fourth-order valence-corrected chi connectivity index (χ4v) is 11.1. The van der Waals surface area contributed by atoms with Crippen LogP contribution in [0.5, 0.6) is 23.0 Å². The predicted molar refractivity (Wildman–Crippen MR) is 362 cm³/mol.